The summed E-state index contributed by atoms with van der Waals surface area (Å²) in [6, 6.07) is 0. The Balaban J connectivity index is 2.23. The predicted octanol–water partition coefficient (Wildman–Crippen LogP) is 3.62. The second-order valence-electron chi connectivity index (χ2n) is 6.78. The Kier molecular flexibility index (Phi) is 4.12. The topological polar surface area (TPSA) is 38.0 Å². The van der Waals surface area contributed by atoms with E-state index in [1.807, 2.05) is 11.7 Å². The third-order valence-electron chi connectivity index (χ3n) is 4.30. The number of nitrogens with zero attached hydrogens (tertiary/aromatic N) is 2. The molecule has 1 aliphatic rings. The van der Waals surface area contributed by atoms with Gasteiger partial charge in [-0.3, -0.25) is 4.68 Å². The van der Waals surface area contributed by atoms with Crippen molar-refractivity contribution in [2.45, 2.75) is 64.9 Å². The summed E-state index contributed by atoms with van der Waals surface area (Å²) in [4.78, 5) is 0. The third kappa shape index (κ3) is 3.22. The number of halogens is 1. The van der Waals surface area contributed by atoms with Crippen molar-refractivity contribution >= 4 is 15.9 Å². The van der Waals surface area contributed by atoms with Crippen LogP contribution in [0.25, 0.3) is 0 Å². The van der Waals surface area contributed by atoms with Gasteiger partial charge in [0.25, 0.3) is 0 Å². The van der Waals surface area contributed by atoms with E-state index in [0.717, 1.165) is 41.5 Å². The zero-order valence-electron chi connectivity index (χ0n) is 12.5. The Morgan fingerprint density at radius 1 is 1.37 bits per heavy atom. The molecule has 0 amide bonds. The fraction of sp³-hybridized carbons (Fsp3) is 0.800. The first-order valence-electron chi connectivity index (χ1n) is 7.19. The lowest BCUT2D eigenvalue weighted by molar-refractivity contribution is -0.0395. The summed E-state index contributed by atoms with van der Waals surface area (Å²) in [7, 11) is 1.97. The Morgan fingerprint density at radius 3 is 2.58 bits per heavy atom. The van der Waals surface area contributed by atoms with Gasteiger partial charge in [-0.1, -0.05) is 27.2 Å². The van der Waals surface area contributed by atoms with Gasteiger partial charge in [0.1, 0.15) is 0 Å². The van der Waals surface area contributed by atoms with Crippen LogP contribution < -0.4 is 0 Å². The summed E-state index contributed by atoms with van der Waals surface area (Å²) in [6.45, 7) is 6.62. The highest BCUT2D eigenvalue weighted by Crippen LogP contribution is 2.43. The zero-order valence-corrected chi connectivity index (χ0v) is 14.0. The van der Waals surface area contributed by atoms with E-state index in [1.165, 1.54) is 6.42 Å². The summed E-state index contributed by atoms with van der Waals surface area (Å²) in [5.41, 5.74) is 1.86. The molecule has 0 radical (unpaired) electrons. The maximum Gasteiger partial charge on any atom is 0.0766 e. The molecule has 0 aromatic carbocycles. The Hall–Kier alpha value is -0.350. The van der Waals surface area contributed by atoms with Crippen molar-refractivity contribution in [1.29, 1.82) is 0 Å². The lowest BCUT2D eigenvalue weighted by Crippen LogP contribution is -2.41. The van der Waals surface area contributed by atoms with Crippen LogP contribution >= 0.6 is 15.9 Å². The van der Waals surface area contributed by atoms with Gasteiger partial charge in [-0.05, 0) is 47.0 Å². The van der Waals surface area contributed by atoms with Gasteiger partial charge in [-0.25, -0.2) is 0 Å². The fourth-order valence-electron chi connectivity index (χ4n) is 3.44. The molecule has 1 aromatic heterocycles. The van der Waals surface area contributed by atoms with Crippen molar-refractivity contribution in [1.82, 2.24) is 9.78 Å². The normalized spacial score (nSPS) is 26.6. The molecule has 1 N–H and O–H groups in total. The van der Waals surface area contributed by atoms with Crippen molar-refractivity contribution in [3.8, 4) is 0 Å². The van der Waals surface area contributed by atoms with Gasteiger partial charge >= 0.3 is 0 Å². The van der Waals surface area contributed by atoms with Crippen LogP contribution in [0.5, 0.6) is 0 Å². The van der Waals surface area contributed by atoms with Crippen LogP contribution in [0.3, 0.4) is 0 Å². The summed E-state index contributed by atoms with van der Waals surface area (Å²) < 4.78 is 3.00. The highest BCUT2D eigenvalue weighted by molar-refractivity contribution is 9.10. The third-order valence-corrected chi connectivity index (χ3v) is 5.22. The van der Waals surface area contributed by atoms with Gasteiger partial charge < -0.3 is 5.11 Å². The van der Waals surface area contributed by atoms with E-state index < -0.39 is 5.60 Å². The Morgan fingerprint density at radius 2 is 2.05 bits per heavy atom. The Labute approximate surface area is 124 Å². The first-order chi connectivity index (χ1) is 8.76. The molecule has 1 atom stereocenters. The quantitative estimate of drug-likeness (QED) is 0.920. The molecule has 1 saturated carbocycles. The largest absolute Gasteiger partial charge is 0.389 e. The molecule has 1 aromatic rings. The molecule has 0 spiro atoms. The molecule has 108 valence electrons. The van der Waals surface area contributed by atoms with Crippen LogP contribution in [0.1, 0.15) is 57.8 Å². The summed E-state index contributed by atoms with van der Waals surface area (Å²) in [5.74, 6) is 0. The predicted molar refractivity (Wildman–Crippen MR) is 81.2 cm³/mol. The number of hydrogen-bond donors (Lipinski definition) is 1. The second kappa shape index (κ2) is 5.21. The minimum atomic E-state index is -0.580. The lowest BCUT2D eigenvalue weighted by atomic mass is 9.68. The summed E-state index contributed by atoms with van der Waals surface area (Å²) >= 11 is 3.65. The maximum atomic E-state index is 10.9. The first kappa shape index (κ1) is 15.0. The van der Waals surface area contributed by atoms with E-state index in [4.69, 9.17) is 0 Å². The van der Waals surface area contributed by atoms with Crippen LogP contribution in [0.2, 0.25) is 0 Å². The standard InChI is InChI=1S/C15H25BrN2O/c1-5-11-13(16)12(18(4)17-11)9-15(19)8-6-7-14(2,3)10-15/h19H,5-10H2,1-4H3. The zero-order chi connectivity index (χ0) is 14.3. The average molecular weight is 329 g/mol. The lowest BCUT2D eigenvalue weighted by Gasteiger charge is -2.41. The van der Waals surface area contributed by atoms with Gasteiger partial charge in [0, 0.05) is 13.5 Å². The maximum absolute atomic E-state index is 10.9. The highest BCUT2D eigenvalue weighted by Gasteiger charge is 2.39. The van der Waals surface area contributed by atoms with Crippen molar-refractivity contribution in [2.75, 3.05) is 0 Å². The molecule has 1 heterocycles. The van der Waals surface area contributed by atoms with E-state index in [1.54, 1.807) is 0 Å². The molecule has 0 aliphatic heterocycles. The number of aryl methyl sites for hydroxylation is 2. The Bertz CT molecular complexity index is 467. The van der Waals surface area contributed by atoms with Gasteiger partial charge in [-0.2, -0.15) is 5.10 Å². The molecule has 3 nitrogen and oxygen atoms in total. The van der Waals surface area contributed by atoms with Gasteiger partial charge in [-0.15, -0.1) is 0 Å². The molecule has 19 heavy (non-hydrogen) atoms. The van der Waals surface area contributed by atoms with Crippen LogP contribution in [-0.4, -0.2) is 20.5 Å². The molecule has 4 heteroatoms. The van der Waals surface area contributed by atoms with Gasteiger partial charge in [0.2, 0.25) is 0 Å². The highest BCUT2D eigenvalue weighted by atomic mass is 79.9. The molecule has 1 unspecified atom stereocenters. The first-order valence-corrected chi connectivity index (χ1v) is 7.98. The van der Waals surface area contributed by atoms with Crippen molar-refractivity contribution in [3.05, 3.63) is 15.9 Å². The molecule has 2 rings (SSSR count). The molecular formula is C15H25BrN2O. The van der Waals surface area contributed by atoms with Crippen LogP contribution in [0.15, 0.2) is 4.47 Å². The fourth-order valence-corrected chi connectivity index (χ4v) is 4.19. The monoisotopic (exact) mass is 328 g/mol. The van der Waals surface area contributed by atoms with E-state index in [9.17, 15) is 5.11 Å². The minimum Gasteiger partial charge on any atom is -0.389 e. The summed E-state index contributed by atoms with van der Waals surface area (Å²) in [6.07, 6.45) is 5.70. The molecule has 0 saturated heterocycles. The molecule has 1 aliphatic carbocycles. The van der Waals surface area contributed by atoms with E-state index in [-0.39, 0.29) is 5.41 Å². The average Bonchev–Trinajstić information content (AvgIpc) is 2.54. The molecule has 1 fully saturated rings. The number of aliphatic hydroxyl groups is 1. The number of rotatable bonds is 3. The van der Waals surface area contributed by atoms with Crippen molar-refractivity contribution < 1.29 is 5.11 Å². The van der Waals surface area contributed by atoms with E-state index in [2.05, 4.69) is 41.8 Å². The van der Waals surface area contributed by atoms with Gasteiger partial charge in [0.05, 0.1) is 21.5 Å². The van der Waals surface area contributed by atoms with E-state index in [0.29, 0.717) is 6.42 Å². The van der Waals surface area contributed by atoms with Crippen LogP contribution in [-0.2, 0) is 19.9 Å². The minimum absolute atomic E-state index is 0.242. The van der Waals surface area contributed by atoms with Gasteiger partial charge in [0.15, 0.2) is 0 Å². The molecule has 0 bridgehead atoms. The smallest absolute Gasteiger partial charge is 0.0766 e. The second-order valence-corrected chi connectivity index (χ2v) is 7.57. The van der Waals surface area contributed by atoms with Crippen molar-refractivity contribution in [3.63, 3.8) is 0 Å². The van der Waals surface area contributed by atoms with Crippen molar-refractivity contribution in [2.24, 2.45) is 12.5 Å². The number of hydrogen-bond acceptors (Lipinski definition) is 2. The summed E-state index contributed by atoms with van der Waals surface area (Å²) in [5, 5.41) is 15.4. The molecular weight excluding hydrogens is 304 g/mol. The SMILES string of the molecule is CCc1nn(C)c(CC2(O)CCCC(C)(C)C2)c1Br. The van der Waals surface area contributed by atoms with Crippen LogP contribution in [0.4, 0.5) is 0 Å². The van der Waals surface area contributed by atoms with Crippen LogP contribution in [0, 0.1) is 5.41 Å². The van der Waals surface area contributed by atoms with E-state index >= 15 is 0 Å². The number of aromatic nitrogens is 2.